The summed E-state index contributed by atoms with van der Waals surface area (Å²) in [6.07, 6.45) is -1.22. The molecule has 0 spiro atoms. The number of nitrogens with one attached hydrogen (secondary N) is 2. The Morgan fingerprint density at radius 2 is 1.62 bits per heavy atom. The fourth-order valence-corrected chi connectivity index (χ4v) is 1.53. The van der Waals surface area contributed by atoms with Crippen molar-refractivity contribution in [2.24, 2.45) is 0 Å². The van der Waals surface area contributed by atoms with Gasteiger partial charge in [0, 0.05) is 13.1 Å². The number of carbonyl (C=O) groups excluding carboxylic acids is 2. The summed E-state index contributed by atoms with van der Waals surface area (Å²) < 4.78 is 10.1. The lowest BCUT2D eigenvalue weighted by Crippen LogP contribution is -2.38. The van der Waals surface area contributed by atoms with Gasteiger partial charge in [-0.2, -0.15) is 0 Å². The zero-order valence-electron chi connectivity index (χ0n) is 14.2. The summed E-state index contributed by atoms with van der Waals surface area (Å²) in [7, 11) is 1.31. The third kappa shape index (κ3) is 7.65. The minimum atomic E-state index is -0.665. The van der Waals surface area contributed by atoms with Crippen molar-refractivity contribution in [3.63, 3.8) is 0 Å². The number of hydrogen-bond donors (Lipinski definition) is 3. The molecule has 3 N–H and O–H groups in total. The molecule has 0 unspecified atom stereocenters. The number of carbonyl (C=O) groups is 2. The van der Waals surface area contributed by atoms with Crippen LogP contribution in [0.2, 0.25) is 0 Å². The van der Waals surface area contributed by atoms with Gasteiger partial charge in [-0.05, 0) is 45.0 Å². The van der Waals surface area contributed by atoms with Crippen LogP contribution in [0.4, 0.5) is 15.3 Å². The van der Waals surface area contributed by atoms with Crippen LogP contribution in [-0.2, 0) is 9.57 Å². The summed E-state index contributed by atoms with van der Waals surface area (Å²) in [4.78, 5) is 27.6. The maximum Gasteiger partial charge on any atom is 0.412 e. The Morgan fingerprint density at radius 1 is 1.08 bits per heavy atom. The summed E-state index contributed by atoms with van der Waals surface area (Å²) in [5.41, 5.74) is -0.193. The molecule has 2 amide bonds. The highest BCUT2D eigenvalue weighted by Crippen LogP contribution is 2.18. The van der Waals surface area contributed by atoms with E-state index in [-0.39, 0.29) is 13.1 Å². The van der Waals surface area contributed by atoms with E-state index >= 15 is 0 Å². The first kappa shape index (κ1) is 19.5. The average Bonchev–Trinajstić information content (AvgIpc) is 2.50. The number of alkyl carbamates (subject to hydrolysis) is 1. The van der Waals surface area contributed by atoms with Crippen LogP contribution in [0.3, 0.4) is 0 Å². The minimum Gasteiger partial charge on any atom is -0.444 e. The molecule has 1 aromatic carbocycles. The Balaban J connectivity index is 2.28. The van der Waals surface area contributed by atoms with Crippen LogP contribution in [-0.4, -0.2) is 43.2 Å². The van der Waals surface area contributed by atoms with Gasteiger partial charge in [0.25, 0.3) is 0 Å². The van der Waals surface area contributed by atoms with Crippen LogP contribution in [0, 0.1) is 0 Å². The smallest absolute Gasteiger partial charge is 0.412 e. The van der Waals surface area contributed by atoms with Crippen molar-refractivity contribution in [1.29, 1.82) is 0 Å². The van der Waals surface area contributed by atoms with Crippen LogP contribution in [0.25, 0.3) is 0 Å². The molecule has 24 heavy (non-hydrogen) atoms. The highest BCUT2D eigenvalue weighted by Gasteiger charge is 2.15. The van der Waals surface area contributed by atoms with Gasteiger partial charge in [-0.15, -0.1) is 5.23 Å². The van der Waals surface area contributed by atoms with Crippen molar-refractivity contribution in [3.8, 4) is 5.75 Å². The summed E-state index contributed by atoms with van der Waals surface area (Å²) in [6.45, 7) is 5.67. The van der Waals surface area contributed by atoms with E-state index in [1.54, 1.807) is 20.8 Å². The minimum absolute atomic E-state index is 0.185. The maximum absolute atomic E-state index is 11.6. The van der Waals surface area contributed by atoms with E-state index in [0.717, 1.165) is 0 Å². The Bertz CT molecular complexity index is 541. The van der Waals surface area contributed by atoms with Gasteiger partial charge in [0.15, 0.2) is 0 Å². The SMILES string of the molecule is CON(O)c1ccc(OC(=O)NCCNC(=O)OC(C)(C)C)cc1. The molecule has 0 aliphatic carbocycles. The predicted octanol–water partition coefficient (Wildman–Crippen LogP) is 2.06. The van der Waals surface area contributed by atoms with Crippen molar-refractivity contribution in [1.82, 2.24) is 10.6 Å². The van der Waals surface area contributed by atoms with E-state index in [2.05, 4.69) is 15.5 Å². The van der Waals surface area contributed by atoms with Crippen molar-refractivity contribution in [2.45, 2.75) is 26.4 Å². The highest BCUT2D eigenvalue weighted by molar-refractivity contribution is 5.71. The van der Waals surface area contributed by atoms with Gasteiger partial charge in [-0.25, -0.2) is 9.59 Å². The normalized spacial score (nSPS) is 10.7. The molecule has 0 saturated carbocycles. The lowest BCUT2D eigenvalue weighted by atomic mass is 10.2. The molecule has 0 fully saturated rings. The van der Waals surface area contributed by atoms with Gasteiger partial charge in [0.2, 0.25) is 0 Å². The standard InChI is InChI=1S/C15H23N3O6/c1-15(2,3)24-14(20)17-10-9-16-13(19)23-12-7-5-11(6-8-12)18(21)22-4/h5-8,21H,9-10H2,1-4H3,(H,16,19)(H,17,20). The number of hydrogen-bond acceptors (Lipinski definition) is 7. The number of nitrogens with zero attached hydrogens (tertiary/aromatic N) is 1. The lowest BCUT2D eigenvalue weighted by Gasteiger charge is -2.19. The molecule has 9 heteroatoms. The second kappa shape index (κ2) is 8.94. The maximum atomic E-state index is 11.6. The quantitative estimate of drug-likeness (QED) is 0.536. The molecule has 0 bridgehead atoms. The average molecular weight is 341 g/mol. The van der Waals surface area contributed by atoms with Crippen LogP contribution in [0.5, 0.6) is 5.75 Å². The fraction of sp³-hybridized carbons (Fsp3) is 0.467. The molecule has 0 heterocycles. The number of rotatable bonds is 6. The van der Waals surface area contributed by atoms with Crippen LogP contribution >= 0.6 is 0 Å². The molecule has 0 saturated heterocycles. The molecular formula is C15H23N3O6. The molecule has 1 rings (SSSR count). The van der Waals surface area contributed by atoms with E-state index in [1.165, 1.54) is 31.4 Å². The van der Waals surface area contributed by atoms with Crippen molar-refractivity contribution >= 4 is 17.9 Å². The number of benzene rings is 1. The summed E-state index contributed by atoms with van der Waals surface area (Å²) >= 11 is 0. The van der Waals surface area contributed by atoms with Gasteiger partial charge in [0.05, 0.1) is 12.8 Å². The number of anilines is 1. The first-order chi connectivity index (χ1) is 11.2. The molecule has 0 atom stereocenters. The van der Waals surface area contributed by atoms with E-state index in [9.17, 15) is 14.8 Å². The van der Waals surface area contributed by atoms with E-state index in [0.29, 0.717) is 16.7 Å². The topological polar surface area (TPSA) is 109 Å². The number of amides is 2. The summed E-state index contributed by atoms with van der Waals surface area (Å²) in [6, 6.07) is 6.01. The molecule has 0 aromatic heterocycles. The van der Waals surface area contributed by atoms with Crippen LogP contribution < -0.4 is 20.6 Å². The van der Waals surface area contributed by atoms with Gasteiger partial charge < -0.3 is 20.1 Å². The van der Waals surface area contributed by atoms with E-state index in [4.69, 9.17) is 9.47 Å². The monoisotopic (exact) mass is 341 g/mol. The third-order valence-electron chi connectivity index (χ3n) is 2.50. The van der Waals surface area contributed by atoms with Crippen LogP contribution in [0.1, 0.15) is 20.8 Å². The third-order valence-corrected chi connectivity index (χ3v) is 2.50. The van der Waals surface area contributed by atoms with Crippen LogP contribution in [0.15, 0.2) is 24.3 Å². The largest absolute Gasteiger partial charge is 0.444 e. The molecule has 0 aliphatic heterocycles. The summed E-state index contributed by atoms with van der Waals surface area (Å²) in [5, 5.41) is 14.9. The molecule has 9 nitrogen and oxygen atoms in total. The Labute approximate surface area is 140 Å². The van der Waals surface area contributed by atoms with Crippen molar-refractivity contribution < 1.29 is 29.1 Å². The van der Waals surface area contributed by atoms with Crippen molar-refractivity contribution in [2.75, 3.05) is 25.4 Å². The molecule has 0 aliphatic rings. The van der Waals surface area contributed by atoms with Crippen molar-refractivity contribution in [3.05, 3.63) is 24.3 Å². The second-order valence-electron chi connectivity index (χ2n) is 5.69. The van der Waals surface area contributed by atoms with Gasteiger partial charge in [-0.1, -0.05) is 0 Å². The van der Waals surface area contributed by atoms with Gasteiger partial charge >= 0.3 is 12.2 Å². The zero-order chi connectivity index (χ0) is 18.2. The predicted molar refractivity (Wildman–Crippen MR) is 86.0 cm³/mol. The number of ether oxygens (including phenoxy) is 2. The fourth-order valence-electron chi connectivity index (χ4n) is 1.53. The van der Waals surface area contributed by atoms with Gasteiger partial charge in [0.1, 0.15) is 11.4 Å². The Kier molecular flexibility index (Phi) is 7.28. The van der Waals surface area contributed by atoms with E-state index < -0.39 is 17.8 Å². The molecule has 0 radical (unpaired) electrons. The van der Waals surface area contributed by atoms with Gasteiger partial charge in [-0.3, -0.25) is 10.0 Å². The Morgan fingerprint density at radius 3 is 2.12 bits per heavy atom. The highest BCUT2D eigenvalue weighted by atomic mass is 16.9. The first-order valence-electron chi connectivity index (χ1n) is 7.27. The second-order valence-corrected chi connectivity index (χ2v) is 5.69. The molecule has 134 valence electrons. The first-order valence-corrected chi connectivity index (χ1v) is 7.27. The molecular weight excluding hydrogens is 318 g/mol. The Hall–Kier alpha value is -2.52. The van der Waals surface area contributed by atoms with E-state index in [1.807, 2.05) is 0 Å². The summed E-state index contributed by atoms with van der Waals surface area (Å²) in [5.74, 6) is 0.292. The lowest BCUT2D eigenvalue weighted by molar-refractivity contribution is -0.0109. The zero-order valence-corrected chi connectivity index (χ0v) is 14.2. The molecule has 1 aromatic rings.